The molecule has 0 spiro atoms. The second kappa shape index (κ2) is 9.22. The van der Waals surface area contributed by atoms with Gasteiger partial charge in [-0.1, -0.05) is 12.8 Å². The van der Waals surface area contributed by atoms with Crippen LogP contribution in [0.25, 0.3) is 0 Å². The van der Waals surface area contributed by atoms with Crippen LogP contribution >= 0.6 is 28.3 Å². The molecule has 5 nitrogen and oxygen atoms in total. The van der Waals surface area contributed by atoms with Crippen molar-refractivity contribution >= 4 is 38.4 Å². The van der Waals surface area contributed by atoms with E-state index in [0.717, 1.165) is 25.7 Å². The first-order chi connectivity index (χ1) is 10.5. The number of sulfonamides is 1. The molecule has 0 amide bonds. The number of hydrogen-bond donors (Lipinski definition) is 2. The fourth-order valence-electron chi connectivity index (χ4n) is 2.83. The first-order valence-corrected chi connectivity index (χ1v) is 9.90. The van der Waals surface area contributed by atoms with Crippen LogP contribution in [-0.2, 0) is 10.0 Å². The van der Waals surface area contributed by atoms with Crippen molar-refractivity contribution in [3.63, 3.8) is 0 Å². The summed E-state index contributed by atoms with van der Waals surface area (Å²) in [5.41, 5.74) is 5.77. The van der Waals surface area contributed by atoms with E-state index in [-0.39, 0.29) is 29.3 Å². The summed E-state index contributed by atoms with van der Waals surface area (Å²) in [6.45, 7) is 2.93. The zero-order valence-corrected chi connectivity index (χ0v) is 16.3. The van der Waals surface area contributed by atoms with Gasteiger partial charge < -0.3 is 10.5 Å². The van der Waals surface area contributed by atoms with Gasteiger partial charge in [0.25, 0.3) is 0 Å². The molecule has 3 N–H and O–H groups in total. The quantitative estimate of drug-likeness (QED) is 0.731. The molecule has 23 heavy (non-hydrogen) atoms. The molecule has 2 rings (SSSR count). The summed E-state index contributed by atoms with van der Waals surface area (Å²) in [4.78, 5) is 0.240. The molecule has 0 heterocycles. The third-order valence-electron chi connectivity index (χ3n) is 4.03. The van der Waals surface area contributed by atoms with Crippen molar-refractivity contribution in [1.29, 1.82) is 0 Å². The summed E-state index contributed by atoms with van der Waals surface area (Å²) < 4.78 is 34.0. The monoisotopic (exact) mass is 426 g/mol. The third kappa shape index (κ3) is 5.32. The Balaban J connectivity index is 0.00000264. The second-order valence-corrected chi connectivity index (χ2v) is 8.10. The minimum absolute atomic E-state index is 0. The van der Waals surface area contributed by atoms with E-state index in [9.17, 15) is 8.42 Å². The minimum Gasteiger partial charge on any atom is -0.493 e. The van der Waals surface area contributed by atoms with Crippen molar-refractivity contribution in [2.75, 3.05) is 13.2 Å². The van der Waals surface area contributed by atoms with Gasteiger partial charge in [-0.25, -0.2) is 13.1 Å². The van der Waals surface area contributed by atoms with Gasteiger partial charge in [-0.2, -0.15) is 0 Å². The van der Waals surface area contributed by atoms with Gasteiger partial charge in [-0.3, -0.25) is 0 Å². The largest absolute Gasteiger partial charge is 0.493 e. The number of ether oxygens (including phenoxy) is 1. The zero-order valence-electron chi connectivity index (χ0n) is 13.1. The standard InChI is InChI=1S/C15H23BrN2O3S.ClH/c1-2-21-15-8-7-12(9-13(15)16)22(19,20)18-14-6-4-3-5-11(14)10-17;/h7-9,11,14,18H,2-6,10,17H2,1H3;1H. The third-order valence-corrected chi connectivity index (χ3v) is 6.14. The predicted octanol–water partition coefficient (Wildman–Crippen LogP) is 3.07. The highest BCUT2D eigenvalue weighted by atomic mass is 79.9. The Labute approximate surface area is 152 Å². The summed E-state index contributed by atoms with van der Waals surface area (Å²) in [6.07, 6.45) is 3.99. The average Bonchev–Trinajstić information content (AvgIpc) is 2.49. The molecule has 2 unspecified atom stereocenters. The van der Waals surface area contributed by atoms with Crippen LogP contribution in [0.3, 0.4) is 0 Å². The van der Waals surface area contributed by atoms with Crippen LogP contribution in [0.5, 0.6) is 5.75 Å². The number of nitrogens with one attached hydrogen (secondary N) is 1. The van der Waals surface area contributed by atoms with Gasteiger partial charge >= 0.3 is 0 Å². The van der Waals surface area contributed by atoms with Crippen LogP contribution < -0.4 is 15.2 Å². The molecule has 0 saturated heterocycles. The molecule has 132 valence electrons. The van der Waals surface area contributed by atoms with Crippen molar-refractivity contribution < 1.29 is 13.2 Å². The van der Waals surface area contributed by atoms with Crippen molar-refractivity contribution in [2.45, 2.75) is 43.5 Å². The molecule has 8 heteroatoms. The van der Waals surface area contributed by atoms with Crippen molar-refractivity contribution in [2.24, 2.45) is 11.7 Å². The molecule has 1 aliphatic rings. The van der Waals surface area contributed by atoms with E-state index in [2.05, 4.69) is 20.7 Å². The highest BCUT2D eigenvalue weighted by Gasteiger charge is 2.28. The van der Waals surface area contributed by atoms with Crippen molar-refractivity contribution in [3.05, 3.63) is 22.7 Å². The maximum atomic E-state index is 12.6. The highest BCUT2D eigenvalue weighted by Crippen LogP contribution is 2.29. The van der Waals surface area contributed by atoms with Gasteiger partial charge in [0, 0.05) is 6.04 Å². The molecule has 0 bridgehead atoms. The van der Waals surface area contributed by atoms with Gasteiger partial charge in [0.2, 0.25) is 10.0 Å². The maximum absolute atomic E-state index is 12.6. The van der Waals surface area contributed by atoms with Gasteiger partial charge in [0.05, 0.1) is 16.0 Å². The van der Waals surface area contributed by atoms with Gasteiger partial charge in [0.1, 0.15) is 5.75 Å². The molecule has 1 aromatic rings. The van der Waals surface area contributed by atoms with Crippen LogP contribution in [0, 0.1) is 5.92 Å². The van der Waals surface area contributed by atoms with E-state index in [1.165, 1.54) is 0 Å². The Kier molecular flexibility index (Phi) is 8.30. The van der Waals surface area contributed by atoms with Crippen LogP contribution in [0.1, 0.15) is 32.6 Å². The lowest BCUT2D eigenvalue weighted by Crippen LogP contribution is -2.44. The van der Waals surface area contributed by atoms with E-state index in [4.69, 9.17) is 10.5 Å². The van der Waals surface area contributed by atoms with Gasteiger partial charge in [-0.05, 0) is 66.4 Å². The van der Waals surface area contributed by atoms with Gasteiger partial charge in [0.15, 0.2) is 0 Å². The topological polar surface area (TPSA) is 81.4 Å². The fourth-order valence-corrected chi connectivity index (χ4v) is 4.84. The second-order valence-electron chi connectivity index (χ2n) is 5.53. The molecule has 2 atom stereocenters. The van der Waals surface area contributed by atoms with E-state index < -0.39 is 10.0 Å². The summed E-state index contributed by atoms with van der Waals surface area (Å²) in [6, 6.07) is 4.74. The molecule has 1 saturated carbocycles. The first-order valence-electron chi connectivity index (χ1n) is 7.62. The molecular weight excluding hydrogens is 404 g/mol. The zero-order chi connectivity index (χ0) is 16.2. The molecule has 0 radical (unpaired) electrons. The summed E-state index contributed by atoms with van der Waals surface area (Å²) in [5.74, 6) is 0.855. The Morgan fingerprint density at radius 3 is 2.65 bits per heavy atom. The van der Waals surface area contributed by atoms with Crippen LogP contribution in [0.4, 0.5) is 0 Å². The number of benzene rings is 1. The number of hydrogen-bond acceptors (Lipinski definition) is 4. The Hall–Kier alpha value is -0.340. The van der Waals surface area contributed by atoms with E-state index >= 15 is 0 Å². The molecule has 1 aliphatic carbocycles. The van der Waals surface area contributed by atoms with Crippen molar-refractivity contribution in [1.82, 2.24) is 4.72 Å². The molecule has 1 fully saturated rings. The fraction of sp³-hybridized carbons (Fsp3) is 0.600. The van der Waals surface area contributed by atoms with Crippen molar-refractivity contribution in [3.8, 4) is 5.75 Å². The predicted molar refractivity (Wildman–Crippen MR) is 97.7 cm³/mol. The number of rotatable bonds is 6. The van der Waals surface area contributed by atoms with Gasteiger partial charge in [-0.15, -0.1) is 12.4 Å². The lowest BCUT2D eigenvalue weighted by molar-refractivity contribution is 0.296. The van der Waals surface area contributed by atoms with Crippen LogP contribution in [-0.4, -0.2) is 27.6 Å². The van der Waals surface area contributed by atoms with Crippen LogP contribution in [0.2, 0.25) is 0 Å². The van der Waals surface area contributed by atoms with E-state index in [0.29, 0.717) is 23.4 Å². The summed E-state index contributed by atoms with van der Waals surface area (Å²) in [7, 11) is -3.55. The normalized spacial score (nSPS) is 21.5. The molecule has 0 aromatic heterocycles. The molecule has 0 aliphatic heterocycles. The summed E-state index contributed by atoms with van der Waals surface area (Å²) >= 11 is 3.35. The highest BCUT2D eigenvalue weighted by molar-refractivity contribution is 9.10. The average molecular weight is 428 g/mol. The first kappa shape index (κ1) is 20.7. The Morgan fingerprint density at radius 2 is 2.04 bits per heavy atom. The molecule has 1 aromatic carbocycles. The smallest absolute Gasteiger partial charge is 0.240 e. The maximum Gasteiger partial charge on any atom is 0.240 e. The van der Waals surface area contributed by atoms with E-state index in [1.54, 1.807) is 18.2 Å². The minimum atomic E-state index is -3.55. The lowest BCUT2D eigenvalue weighted by Gasteiger charge is -2.31. The Bertz CT molecular complexity index is 613. The lowest BCUT2D eigenvalue weighted by atomic mass is 9.85. The number of nitrogens with two attached hydrogens (primary N) is 1. The molecular formula is C15H24BrClN2O3S. The van der Waals surface area contributed by atoms with E-state index in [1.807, 2.05) is 6.92 Å². The number of halogens is 2. The van der Waals surface area contributed by atoms with Crippen LogP contribution in [0.15, 0.2) is 27.6 Å². The Morgan fingerprint density at radius 1 is 1.35 bits per heavy atom. The SMILES string of the molecule is CCOc1ccc(S(=O)(=O)NC2CCCCC2CN)cc1Br.Cl. The summed E-state index contributed by atoms with van der Waals surface area (Å²) in [5, 5.41) is 0.